The summed E-state index contributed by atoms with van der Waals surface area (Å²) >= 11 is 0. The van der Waals surface area contributed by atoms with Crippen molar-refractivity contribution in [2.45, 2.75) is 38.6 Å². The fourth-order valence-electron chi connectivity index (χ4n) is 3.77. The predicted octanol–water partition coefficient (Wildman–Crippen LogP) is 3.16. The molecule has 2 fully saturated rings. The van der Waals surface area contributed by atoms with E-state index >= 15 is 0 Å². The van der Waals surface area contributed by atoms with Crippen molar-refractivity contribution in [2.75, 3.05) is 6.54 Å². The molecule has 0 amide bonds. The number of nitrogens with one attached hydrogen (secondary N) is 1. The Labute approximate surface area is 119 Å². The molecule has 1 aromatic rings. The van der Waals surface area contributed by atoms with Crippen molar-refractivity contribution in [1.29, 1.82) is 0 Å². The number of nitro benzene ring substituents is 1. The molecular formula is C16H22N2O2. The van der Waals surface area contributed by atoms with E-state index in [9.17, 15) is 10.1 Å². The molecule has 4 heteroatoms. The number of fused-ring (bicyclic) bond motifs is 1. The van der Waals surface area contributed by atoms with Gasteiger partial charge in [0.15, 0.2) is 0 Å². The summed E-state index contributed by atoms with van der Waals surface area (Å²) in [6.07, 6.45) is 5.17. The largest absolute Gasteiger partial charge is 0.314 e. The van der Waals surface area contributed by atoms with E-state index in [1.807, 2.05) is 12.1 Å². The number of non-ortho nitro benzene ring substituents is 1. The van der Waals surface area contributed by atoms with Gasteiger partial charge in [0, 0.05) is 18.2 Å². The monoisotopic (exact) mass is 274 g/mol. The first-order valence-corrected chi connectivity index (χ1v) is 7.64. The lowest BCUT2D eigenvalue weighted by atomic mass is 9.89. The highest BCUT2D eigenvalue weighted by molar-refractivity contribution is 5.33. The Bertz CT molecular complexity index is 476. The van der Waals surface area contributed by atoms with Crippen LogP contribution in [0.25, 0.3) is 0 Å². The molecule has 0 saturated heterocycles. The second kappa shape index (κ2) is 5.52. The molecule has 2 aliphatic rings. The maximum Gasteiger partial charge on any atom is 0.269 e. The minimum atomic E-state index is -0.337. The van der Waals surface area contributed by atoms with E-state index in [0.717, 1.165) is 30.7 Å². The van der Waals surface area contributed by atoms with Crippen LogP contribution < -0.4 is 5.32 Å². The van der Waals surface area contributed by atoms with Crippen molar-refractivity contribution in [1.82, 2.24) is 5.32 Å². The van der Waals surface area contributed by atoms with E-state index in [4.69, 9.17) is 0 Å². The van der Waals surface area contributed by atoms with Crippen LogP contribution in [0.1, 0.15) is 31.7 Å². The molecule has 1 aromatic carbocycles. The summed E-state index contributed by atoms with van der Waals surface area (Å²) in [5.41, 5.74) is 1.37. The average Bonchev–Trinajstić information content (AvgIpc) is 3.05. The summed E-state index contributed by atoms with van der Waals surface area (Å²) < 4.78 is 0. The molecule has 0 spiro atoms. The maximum absolute atomic E-state index is 10.7. The van der Waals surface area contributed by atoms with Gasteiger partial charge in [-0.2, -0.15) is 0 Å². The van der Waals surface area contributed by atoms with E-state index in [0.29, 0.717) is 6.04 Å². The smallest absolute Gasteiger partial charge is 0.269 e. The third kappa shape index (κ3) is 2.85. The molecule has 0 heterocycles. The quantitative estimate of drug-likeness (QED) is 0.640. The summed E-state index contributed by atoms with van der Waals surface area (Å²) in [6, 6.07) is 7.56. The highest BCUT2D eigenvalue weighted by atomic mass is 16.6. The molecule has 4 nitrogen and oxygen atoms in total. The van der Waals surface area contributed by atoms with Crippen molar-refractivity contribution < 1.29 is 4.92 Å². The van der Waals surface area contributed by atoms with Crippen molar-refractivity contribution in [3.05, 3.63) is 39.9 Å². The van der Waals surface area contributed by atoms with Crippen LogP contribution in [-0.4, -0.2) is 17.5 Å². The van der Waals surface area contributed by atoms with Gasteiger partial charge in [-0.1, -0.05) is 19.1 Å². The summed E-state index contributed by atoms with van der Waals surface area (Å²) in [5, 5.41) is 14.3. The third-order valence-electron chi connectivity index (χ3n) is 4.92. The van der Waals surface area contributed by atoms with E-state index in [-0.39, 0.29) is 10.6 Å². The summed E-state index contributed by atoms with van der Waals surface area (Å²) in [4.78, 5) is 10.3. The predicted molar refractivity (Wildman–Crippen MR) is 78.6 cm³/mol. The normalized spacial score (nSPS) is 28.9. The fraction of sp³-hybridized carbons (Fsp3) is 0.625. The van der Waals surface area contributed by atoms with Crippen LogP contribution in [0, 0.1) is 27.9 Å². The van der Waals surface area contributed by atoms with Gasteiger partial charge in [0.05, 0.1) is 4.92 Å². The number of likely N-dealkylation sites (N-methyl/N-ethyl adjacent to an activating group) is 1. The summed E-state index contributed by atoms with van der Waals surface area (Å²) in [7, 11) is 0. The molecular weight excluding hydrogens is 252 g/mol. The molecule has 3 atom stereocenters. The van der Waals surface area contributed by atoms with Crippen LogP contribution in [0.15, 0.2) is 24.3 Å². The first-order chi connectivity index (χ1) is 9.67. The lowest BCUT2D eigenvalue weighted by Gasteiger charge is -2.25. The van der Waals surface area contributed by atoms with E-state index in [1.165, 1.54) is 24.8 Å². The lowest BCUT2D eigenvalue weighted by Crippen LogP contribution is -2.37. The standard InChI is InChI=1S/C16H22N2O2/c1-2-17-16(14-9-12-8-13(12)10-14)7-11-3-5-15(6-4-11)18(19)20/h3-6,12-14,16-17H,2,7-10H2,1H3. The molecule has 20 heavy (non-hydrogen) atoms. The molecule has 1 N–H and O–H groups in total. The Hall–Kier alpha value is -1.42. The van der Waals surface area contributed by atoms with Gasteiger partial charge < -0.3 is 5.32 Å². The third-order valence-corrected chi connectivity index (χ3v) is 4.92. The molecule has 108 valence electrons. The Morgan fingerprint density at radius 1 is 1.25 bits per heavy atom. The van der Waals surface area contributed by atoms with Gasteiger partial charge in [-0.15, -0.1) is 0 Å². The van der Waals surface area contributed by atoms with Gasteiger partial charge >= 0.3 is 0 Å². The molecule has 2 saturated carbocycles. The van der Waals surface area contributed by atoms with Crippen molar-refractivity contribution in [3.63, 3.8) is 0 Å². The number of hydrogen-bond donors (Lipinski definition) is 1. The maximum atomic E-state index is 10.7. The van der Waals surface area contributed by atoms with Crippen LogP contribution >= 0.6 is 0 Å². The molecule has 0 bridgehead atoms. The van der Waals surface area contributed by atoms with Gasteiger partial charge in [0.2, 0.25) is 0 Å². The van der Waals surface area contributed by atoms with Crippen molar-refractivity contribution in [3.8, 4) is 0 Å². The second-order valence-corrected chi connectivity index (χ2v) is 6.28. The molecule has 0 aromatic heterocycles. The van der Waals surface area contributed by atoms with Crippen molar-refractivity contribution in [2.24, 2.45) is 17.8 Å². The number of nitro groups is 1. The van der Waals surface area contributed by atoms with Crippen LogP contribution in [-0.2, 0) is 6.42 Å². The Balaban J connectivity index is 1.64. The first-order valence-electron chi connectivity index (χ1n) is 7.64. The van der Waals surface area contributed by atoms with E-state index < -0.39 is 0 Å². The Kier molecular flexibility index (Phi) is 3.74. The van der Waals surface area contributed by atoms with Gasteiger partial charge in [-0.05, 0) is 55.5 Å². The van der Waals surface area contributed by atoms with Crippen LogP contribution in [0.3, 0.4) is 0 Å². The lowest BCUT2D eigenvalue weighted by molar-refractivity contribution is -0.384. The van der Waals surface area contributed by atoms with E-state index in [2.05, 4.69) is 12.2 Å². The van der Waals surface area contributed by atoms with Gasteiger partial charge in [0.25, 0.3) is 5.69 Å². The molecule has 0 radical (unpaired) electrons. The van der Waals surface area contributed by atoms with Crippen LogP contribution in [0.4, 0.5) is 5.69 Å². The molecule has 2 aliphatic carbocycles. The highest BCUT2D eigenvalue weighted by Crippen LogP contribution is 2.55. The second-order valence-electron chi connectivity index (χ2n) is 6.28. The van der Waals surface area contributed by atoms with E-state index in [1.54, 1.807) is 12.1 Å². The van der Waals surface area contributed by atoms with Gasteiger partial charge in [-0.3, -0.25) is 10.1 Å². The topological polar surface area (TPSA) is 55.2 Å². The van der Waals surface area contributed by atoms with Crippen molar-refractivity contribution >= 4 is 5.69 Å². The summed E-state index contributed by atoms with van der Waals surface area (Å²) in [6.45, 7) is 3.14. The minimum absolute atomic E-state index is 0.177. The number of hydrogen-bond acceptors (Lipinski definition) is 3. The van der Waals surface area contributed by atoms with Crippen LogP contribution in [0.2, 0.25) is 0 Å². The molecule has 0 aliphatic heterocycles. The van der Waals surface area contributed by atoms with Gasteiger partial charge in [-0.25, -0.2) is 0 Å². The zero-order valence-electron chi connectivity index (χ0n) is 11.9. The fourth-order valence-corrected chi connectivity index (χ4v) is 3.77. The average molecular weight is 274 g/mol. The van der Waals surface area contributed by atoms with Crippen LogP contribution in [0.5, 0.6) is 0 Å². The SMILES string of the molecule is CCNC(Cc1ccc([N+](=O)[O-])cc1)C1CC2CC2C1. The summed E-state index contributed by atoms with van der Waals surface area (Å²) in [5.74, 6) is 2.78. The highest BCUT2D eigenvalue weighted by Gasteiger charge is 2.47. The van der Waals surface area contributed by atoms with Gasteiger partial charge in [0.1, 0.15) is 0 Å². The zero-order chi connectivity index (χ0) is 14.1. The Morgan fingerprint density at radius 3 is 2.45 bits per heavy atom. The zero-order valence-corrected chi connectivity index (χ0v) is 11.9. The number of rotatable bonds is 6. The Morgan fingerprint density at radius 2 is 1.90 bits per heavy atom. The molecule has 3 unspecified atom stereocenters. The number of nitrogens with zero attached hydrogens (tertiary/aromatic N) is 1. The first kappa shape index (κ1) is 13.6. The minimum Gasteiger partial charge on any atom is -0.314 e. The molecule has 3 rings (SSSR count). The number of benzene rings is 1.